The molecule has 0 fully saturated rings. The van der Waals surface area contributed by atoms with Gasteiger partial charge in [0.05, 0.1) is 11.6 Å². The van der Waals surface area contributed by atoms with Crippen molar-refractivity contribution >= 4 is 39.3 Å². The van der Waals surface area contributed by atoms with Gasteiger partial charge in [0.15, 0.2) is 0 Å². The van der Waals surface area contributed by atoms with E-state index in [-0.39, 0.29) is 12.5 Å². The Kier molecular flexibility index (Phi) is 5.71. The largest absolute Gasteiger partial charge is 0.465 e. The van der Waals surface area contributed by atoms with Crippen molar-refractivity contribution in [2.45, 2.75) is 13.8 Å². The minimum absolute atomic E-state index is 0.151. The molecule has 0 aromatic carbocycles. The number of carbonyl (C=O) groups is 1. The second-order valence-electron chi connectivity index (χ2n) is 3.28. The Morgan fingerprint density at radius 3 is 2.82 bits per heavy atom. The first-order chi connectivity index (χ1) is 8.08. The zero-order chi connectivity index (χ0) is 12.8. The van der Waals surface area contributed by atoms with E-state index in [1.54, 1.807) is 24.1 Å². The maximum absolute atomic E-state index is 11.4. The van der Waals surface area contributed by atoms with Gasteiger partial charge >= 0.3 is 5.97 Å². The molecule has 0 amide bonds. The Morgan fingerprint density at radius 1 is 1.59 bits per heavy atom. The van der Waals surface area contributed by atoms with Crippen LogP contribution in [0.4, 0.5) is 5.82 Å². The lowest BCUT2D eigenvalue weighted by molar-refractivity contribution is -0.141. The predicted octanol–water partition coefficient (Wildman–Crippen LogP) is 2.89. The molecule has 0 radical (unpaired) electrons. The van der Waals surface area contributed by atoms with E-state index in [2.05, 4.69) is 20.9 Å². The molecule has 0 spiro atoms. The van der Waals surface area contributed by atoms with Crippen LogP contribution in [0, 0.1) is 0 Å². The number of pyridine rings is 1. The summed E-state index contributed by atoms with van der Waals surface area (Å²) in [5.74, 6) is 0.306. The summed E-state index contributed by atoms with van der Waals surface area (Å²) in [6.45, 7) is 4.86. The van der Waals surface area contributed by atoms with Crippen molar-refractivity contribution < 1.29 is 9.53 Å². The van der Waals surface area contributed by atoms with Crippen molar-refractivity contribution in [3.8, 4) is 0 Å². The van der Waals surface area contributed by atoms with E-state index in [1.165, 1.54) is 0 Å². The van der Waals surface area contributed by atoms with Crippen LogP contribution in [0.2, 0.25) is 5.02 Å². The molecule has 1 aromatic rings. The highest BCUT2D eigenvalue weighted by Crippen LogP contribution is 2.25. The third kappa shape index (κ3) is 4.16. The van der Waals surface area contributed by atoms with Crippen LogP contribution in [-0.2, 0) is 9.53 Å². The number of halogens is 2. The van der Waals surface area contributed by atoms with E-state index in [0.717, 1.165) is 4.47 Å². The molecular weight excluding hydrogens is 307 g/mol. The molecular formula is C11H14BrClN2O2. The summed E-state index contributed by atoms with van der Waals surface area (Å²) >= 11 is 9.36. The van der Waals surface area contributed by atoms with Gasteiger partial charge in [-0.25, -0.2) is 4.98 Å². The van der Waals surface area contributed by atoms with Gasteiger partial charge in [0, 0.05) is 17.2 Å². The number of aromatic nitrogens is 1. The van der Waals surface area contributed by atoms with Crippen LogP contribution >= 0.6 is 27.5 Å². The van der Waals surface area contributed by atoms with E-state index >= 15 is 0 Å². The molecule has 17 heavy (non-hydrogen) atoms. The summed E-state index contributed by atoms with van der Waals surface area (Å²) in [6.07, 6.45) is 1.65. The van der Waals surface area contributed by atoms with Crippen molar-refractivity contribution in [1.29, 1.82) is 0 Å². The number of nitrogens with zero attached hydrogens (tertiary/aromatic N) is 2. The Bertz CT molecular complexity index is 401. The van der Waals surface area contributed by atoms with Crippen LogP contribution in [0.1, 0.15) is 13.8 Å². The fourth-order valence-electron chi connectivity index (χ4n) is 1.34. The van der Waals surface area contributed by atoms with Crippen LogP contribution in [0.25, 0.3) is 0 Å². The van der Waals surface area contributed by atoms with E-state index in [9.17, 15) is 4.79 Å². The Hall–Kier alpha value is -0.810. The molecule has 1 heterocycles. The number of rotatable bonds is 5. The number of esters is 1. The van der Waals surface area contributed by atoms with Gasteiger partial charge in [-0.2, -0.15) is 0 Å². The topological polar surface area (TPSA) is 42.4 Å². The molecule has 0 aliphatic carbocycles. The lowest BCUT2D eigenvalue weighted by Crippen LogP contribution is -2.31. The number of hydrogen-bond acceptors (Lipinski definition) is 4. The van der Waals surface area contributed by atoms with E-state index in [4.69, 9.17) is 16.3 Å². The number of carbonyl (C=O) groups excluding carboxylic acids is 1. The highest BCUT2D eigenvalue weighted by Gasteiger charge is 2.14. The van der Waals surface area contributed by atoms with Crippen molar-refractivity contribution in [1.82, 2.24) is 4.98 Å². The third-order valence-corrected chi connectivity index (χ3v) is 2.81. The van der Waals surface area contributed by atoms with Crippen LogP contribution < -0.4 is 4.90 Å². The fraction of sp³-hybridized carbons (Fsp3) is 0.455. The van der Waals surface area contributed by atoms with Crippen molar-refractivity contribution in [3.63, 3.8) is 0 Å². The van der Waals surface area contributed by atoms with Crippen LogP contribution in [0.3, 0.4) is 0 Å². The lowest BCUT2D eigenvalue weighted by Gasteiger charge is -2.21. The zero-order valence-corrected chi connectivity index (χ0v) is 12.1. The first-order valence-corrected chi connectivity index (χ1v) is 6.47. The van der Waals surface area contributed by atoms with Gasteiger partial charge in [0.1, 0.15) is 12.4 Å². The Balaban J connectivity index is 2.82. The predicted molar refractivity (Wildman–Crippen MR) is 71.5 cm³/mol. The summed E-state index contributed by atoms with van der Waals surface area (Å²) in [4.78, 5) is 17.4. The average Bonchev–Trinajstić information content (AvgIpc) is 2.27. The molecule has 4 nitrogen and oxygen atoms in total. The van der Waals surface area contributed by atoms with Crippen LogP contribution in [0.15, 0.2) is 16.7 Å². The molecule has 0 N–H and O–H groups in total. The molecule has 6 heteroatoms. The highest BCUT2D eigenvalue weighted by molar-refractivity contribution is 9.10. The molecule has 94 valence electrons. The normalized spacial score (nSPS) is 10.1. The van der Waals surface area contributed by atoms with Gasteiger partial charge < -0.3 is 9.64 Å². The molecule has 0 saturated carbocycles. The van der Waals surface area contributed by atoms with Crippen molar-refractivity contribution in [2.24, 2.45) is 0 Å². The van der Waals surface area contributed by atoms with Crippen LogP contribution in [0.5, 0.6) is 0 Å². The van der Waals surface area contributed by atoms with E-state index in [1.807, 2.05) is 6.92 Å². The smallest absolute Gasteiger partial charge is 0.325 e. The first kappa shape index (κ1) is 14.3. The fourth-order valence-corrected chi connectivity index (χ4v) is 2.09. The van der Waals surface area contributed by atoms with Crippen LogP contribution in [-0.4, -0.2) is 30.6 Å². The first-order valence-electron chi connectivity index (χ1n) is 5.30. The summed E-state index contributed by atoms with van der Waals surface area (Å²) in [5, 5.41) is 0.505. The SMILES string of the molecule is CCOC(=O)CN(CC)c1ncc(Br)cc1Cl. The monoisotopic (exact) mass is 320 g/mol. The van der Waals surface area contributed by atoms with Gasteiger partial charge in [0.25, 0.3) is 0 Å². The molecule has 0 aliphatic rings. The minimum Gasteiger partial charge on any atom is -0.465 e. The van der Waals surface area contributed by atoms with Gasteiger partial charge in [0.2, 0.25) is 0 Å². The average molecular weight is 322 g/mol. The highest BCUT2D eigenvalue weighted by atomic mass is 79.9. The quantitative estimate of drug-likeness (QED) is 0.782. The number of anilines is 1. The molecule has 0 atom stereocenters. The number of hydrogen-bond donors (Lipinski definition) is 0. The lowest BCUT2D eigenvalue weighted by atomic mass is 10.4. The molecule has 1 rings (SSSR count). The van der Waals surface area contributed by atoms with Gasteiger partial charge in [-0.15, -0.1) is 0 Å². The molecule has 0 aliphatic heterocycles. The molecule has 0 unspecified atom stereocenters. The second-order valence-corrected chi connectivity index (χ2v) is 4.60. The third-order valence-electron chi connectivity index (χ3n) is 2.09. The standard InChI is InChI=1S/C11H14BrClN2O2/c1-3-15(7-10(16)17-4-2)11-9(13)5-8(12)6-14-11/h5-6H,3-4,7H2,1-2H3. The van der Waals surface area contributed by atoms with Crippen molar-refractivity contribution in [3.05, 3.63) is 21.8 Å². The van der Waals surface area contributed by atoms with Crippen molar-refractivity contribution in [2.75, 3.05) is 24.6 Å². The van der Waals surface area contributed by atoms with E-state index in [0.29, 0.717) is 24.0 Å². The molecule has 0 saturated heterocycles. The molecule has 0 bridgehead atoms. The van der Waals surface area contributed by atoms with Gasteiger partial charge in [-0.1, -0.05) is 11.6 Å². The summed E-state index contributed by atoms with van der Waals surface area (Å²) in [6, 6.07) is 1.75. The minimum atomic E-state index is -0.282. The number of ether oxygens (including phenoxy) is 1. The number of likely N-dealkylation sites (N-methyl/N-ethyl adjacent to an activating group) is 1. The van der Waals surface area contributed by atoms with Gasteiger partial charge in [-0.05, 0) is 35.8 Å². The van der Waals surface area contributed by atoms with Gasteiger partial charge in [-0.3, -0.25) is 4.79 Å². The second kappa shape index (κ2) is 6.81. The molecule has 1 aromatic heterocycles. The zero-order valence-electron chi connectivity index (χ0n) is 9.74. The summed E-state index contributed by atoms with van der Waals surface area (Å²) in [7, 11) is 0. The van der Waals surface area contributed by atoms with E-state index < -0.39 is 0 Å². The maximum Gasteiger partial charge on any atom is 0.325 e. The summed E-state index contributed by atoms with van der Waals surface area (Å²) in [5.41, 5.74) is 0. The summed E-state index contributed by atoms with van der Waals surface area (Å²) < 4.78 is 5.70. The maximum atomic E-state index is 11.4. The Morgan fingerprint density at radius 2 is 2.29 bits per heavy atom. The Labute approximate surface area is 114 Å².